The van der Waals surface area contributed by atoms with E-state index in [0.717, 1.165) is 25.1 Å². The zero-order valence-electron chi connectivity index (χ0n) is 16.7. The van der Waals surface area contributed by atoms with Gasteiger partial charge in [0, 0.05) is 38.3 Å². The highest BCUT2D eigenvalue weighted by atomic mass is 127. The number of unbranched alkanes of at least 4 members (excludes halogenated alkanes) is 1. The maximum Gasteiger partial charge on any atom is 0.191 e. The normalized spacial score (nSPS) is 25.6. The summed E-state index contributed by atoms with van der Waals surface area (Å²) in [4.78, 5) is 10.1. The minimum Gasteiger partial charge on any atom is -0.357 e. The van der Waals surface area contributed by atoms with Gasteiger partial charge in [0.1, 0.15) is 0 Å². The van der Waals surface area contributed by atoms with Crippen LogP contribution in [0.3, 0.4) is 0 Å². The molecule has 26 heavy (non-hydrogen) atoms. The Morgan fingerprint density at radius 3 is 2.50 bits per heavy atom. The SMILES string of the molecule is CCNC(=NCCCCN1CCCC1)NC1CCN(C2CCCC2)C1.I. The van der Waals surface area contributed by atoms with Crippen LogP contribution in [0.2, 0.25) is 0 Å². The average molecular weight is 477 g/mol. The van der Waals surface area contributed by atoms with E-state index in [0.29, 0.717) is 6.04 Å². The molecule has 2 saturated heterocycles. The monoisotopic (exact) mass is 477 g/mol. The molecule has 2 N–H and O–H groups in total. The molecule has 1 aliphatic carbocycles. The third-order valence-electron chi connectivity index (χ3n) is 6.10. The summed E-state index contributed by atoms with van der Waals surface area (Å²) < 4.78 is 0. The van der Waals surface area contributed by atoms with Crippen LogP contribution in [-0.4, -0.2) is 73.7 Å². The van der Waals surface area contributed by atoms with E-state index in [1.165, 1.54) is 90.5 Å². The van der Waals surface area contributed by atoms with Gasteiger partial charge in [0.25, 0.3) is 0 Å². The van der Waals surface area contributed by atoms with Crippen molar-refractivity contribution in [2.75, 3.05) is 45.8 Å². The van der Waals surface area contributed by atoms with Gasteiger partial charge < -0.3 is 15.5 Å². The van der Waals surface area contributed by atoms with E-state index in [9.17, 15) is 0 Å². The molecular weight excluding hydrogens is 437 g/mol. The molecule has 1 atom stereocenters. The van der Waals surface area contributed by atoms with Crippen molar-refractivity contribution in [3.63, 3.8) is 0 Å². The van der Waals surface area contributed by atoms with Gasteiger partial charge in [0.15, 0.2) is 5.96 Å². The van der Waals surface area contributed by atoms with Crippen molar-refractivity contribution < 1.29 is 0 Å². The molecule has 1 unspecified atom stereocenters. The largest absolute Gasteiger partial charge is 0.357 e. The van der Waals surface area contributed by atoms with E-state index in [1.807, 2.05) is 0 Å². The van der Waals surface area contributed by atoms with Crippen molar-refractivity contribution in [2.24, 2.45) is 4.99 Å². The second kappa shape index (κ2) is 12.4. The van der Waals surface area contributed by atoms with E-state index in [-0.39, 0.29) is 24.0 Å². The van der Waals surface area contributed by atoms with Gasteiger partial charge in [-0.2, -0.15) is 0 Å². The standard InChI is InChI=1S/C20H39N5.HI/c1-2-21-20(22-12-5-6-13-24-14-7-8-15-24)23-18-11-16-25(17-18)19-9-3-4-10-19;/h18-19H,2-17H2,1H3,(H2,21,22,23);1H. The summed E-state index contributed by atoms with van der Waals surface area (Å²) in [6.45, 7) is 10.4. The van der Waals surface area contributed by atoms with Crippen molar-refractivity contribution in [1.82, 2.24) is 20.4 Å². The van der Waals surface area contributed by atoms with E-state index in [2.05, 4.69) is 27.4 Å². The van der Waals surface area contributed by atoms with Gasteiger partial charge in [0.2, 0.25) is 0 Å². The molecule has 1 saturated carbocycles. The van der Waals surface area contributed by atoms with Crippen LogP contribution in [0.15, 0.2) is 4.99 Å². The summed E-state index contributed by atoms with van der Waals surface area (Å²) in [5.74, 6) is 1.03. The first-order valence-corrected chi connectivity index (χ1v) is 10.9. The van der Waals surface area contributed by atoms with E-state index >= 15 is 0 Å². The Hall–Kier alpha value is -0.0800. The maximum atomic E-state index is 4.82. The third-order valence-corrected chi connectivity index (χ3v) is 6.10. The molecule has 0 aromatic heterocycles. The number of aliphatic imine (C=N–C) groups is 1. The molecule has 6 heteroatoms. The minimum atomic E-state index is 0. The number of rotatable bonds is 8. The molecule has 0 spiro atoms. The predicted octanol–water partition coefficient (Wildman–Crippen LogP) is 3.05. The first-order valence-electron chi connectivity index (χ1n) is 10.9. The molecule has 0 aromatic rings. The summed E-state index contributed by atoms with van der Waals surface area (Å²) in [6.07, 6.45) is 12.2. The zero-order chi connectivity index (χ0) is 17.3. The lowest BCUT2D eigenvalue weighted by molar-refractivity contribution is 0.242. The van der Waals surface area contributed by atoms with E-state index < -0.39 is 0 Å². The third kappa shape index (κ3) is 7.15. The van der Waals surface area contributed by atoms with Crippen LogP contribution in [0.1, 0.15) is 64.7 Å². The van der Waals surface area contributed by atoms with Crippen LogP contribution >= 0.6 is 24.0 Å². The lowest BCUT2D eigenvalue weighted by atomic mass is 10.2. The Morgan fingerprint density at radius 2 is 1.77 bits per heavy atom. The highest BCUT2D eigenvalue weighted by Gasteiger charge is 2.30. The zero-order valence-corrected chi connectivity index (χ0v) is 19.0. The summed E-state index contributed by atoms with van der Waals surface area (Å²) in [5.41, 5.74) is 0. The maximum absolute atomic E-state index is 4.82. The predicted molar refractivity (Wildman–Crippen MR) is 122 cm³/mol. The number of nitrogens with one attached hydrogen (secondary N) is 2. The molecule has 152 valence electrons. The molecule has 2 heterocycles. The van der Waals surface area contributed by atoms with Gasteiger partial charge in [0.05, 0.1) is 0 Å². The van der Waals surface area contributed by atoms with Crippen LogP contribution in [0.25, 0.3) is 0 Å². The molecule has 0 amide bonds. The lowest BCUT2D eigenvalue weighted by Gasteiger charge is -2.24. The van der Waals surface area contributed by atoms with Crippen molar-refractivity contribution >= 4 is 29.9 Å². The molecule has 5 nitrogen and oxygen atoms in total. The second-order valence-corrected chi connectivity index (χ2v) is 8.08. The fourth-order valence-corrected chi connectivity index (χ4v) is 4.66. The Bertz CT molecular complexity index is 405. The van der Waals surface area contributed by atoms with Gasteiger partial charge >= 0.3 is 0 Å². The summed E-state index contributed by atoms with van der Waals surface area (Å²) in [6, 6.07) is 1.43. The van der Waals surface area contributed by atoms with Crippen molar-refractivity contribution in [3.8, 4) is 0 Å². The molecule has 2 aliphatic heterocycles. The van der Waals surface area contributed by atoms with E-state index in [1.54, 1.807) is 0 Å². The average Bonchev–Trinajstić information content (AvgIpc) is 3.37. The lowest BCUT2D eigenvalue weighted by Crippen LogP contribution is -2.45. The Labute approximate surface area is 177 Å². The van der Waals surface area contributed by atoms with E-state index in [4.69, 9.17) is 4.99 Å². The number of halogens is 1. The molecule has 3 rings (SSSR count). The Kier molecular flexibility index (Phi) is 10.6. The molecule has 0 radical (unpaired) electrons. The van der Waals surface area contributed by atoms with Crippen LogP contribution < -0.4 is 10.6 Å². The fraction of sp³-hybridized carbons (Fsp3) is 0.950. The fourth-order valence-electron chi connectivity index (χ4n) is 4.66. The van der Waals surface area contributed by atoms with Gasteiger partial charge in [-0.3, -0.25) is 9.89 Å². The quantitative estimate of drug-likeness (QED) is 0.244. The number of hydrogen-bond acceptors (Lipinski definition) is 3. The number of hydrogen-bond donors (Lipinski definition) is 2. The Balaban J connectivity index is 0.00000243. The molecule has 3 fully saturated rings. The highest BCUT2D eigenvalue weighted by Crippen LogP contribution is 2.26. The van der Waals surface area contributed by atoms with Crippen LogP contribution in [0.5, 0.6) is 0 Å². The van der Waals surface area contributed by atoms with Gasteiger partial charge in [-0.25, -0.2) is 0 Å². The van der Waals surface area contributed by atoms with Crippen molar-refractivity contribution in [2.45, 2.75) is 76.8 Å². The van der Waals surface area contributed by atoms with Crippen molar-refractivity contribution in [3.05, 3.63) is 0 Å². The Morgan fingerprint density at radius 1 is 1.00 bits per heavy atom. The van der Waals surface area contributed by atoms with Crippen LogP contribution in [0.4, 0.5) is 0 Å². The molecule has 3 aliphatic rings. The summed E-state index contributed by atoms with van der Waals surface area (Å²) in [7, 11) is 0. The van der Waals surface area contributed by atoms with Crippen LogP contribution in [0, 0.1) is 0 Å². The number of guanidine groups is 1. The van der Waals surface area contributed by atoms with Gasteiger partial charge in [-0.15, -0.1) is 24.0 Å². The van der Waals surface area contributed by atoms with Crippen molar-refractivity contribution in [1.29, 1.82) is 0 Å². The smallest absolute Gasteiger partial charge is 0.191 e. The topological polar surface area (TPSA) is 42.9 Å². The first-order chi connectivity index (χ1) is 12.3. The summed E-state index contributed by atoms with van der Waals surface area (Å²) in [5, 5.41) is 7.13. The number of nitrogens with zero attached hydrogens (tertiary/aromatic N) is 3. The highest BCUT2D eigenvalue weighted by molar-refractivity contribution is 14.0. The van der Waals surface area contributed by atoms with Crippen LogP contribution in [-0.2, 0) is 0 Å². The first kappa shape index (κ1) is 22.2. The molecular formula is C20H40IN5. The van der Waals surface area contributed by atoms with Gasteiger partial charge in [-0.05, 0) is 71.5 Å². The van der Waals surface area contributed by atoms with Gasteiger partial charge in [-0.1, -0.05) is 12.8 Å². The summed E-state index contributed by atoms with van der Waals surface area (Å²) >= 11 is 0. The minimum absolute atomic E-state index is 0. The second-order valence-electron chi connectivity index (χ2n) is 8.08. The molecule has 0 bridgehead atoms. The molecule has 0 aromatic carbocycles. The number of likely N-dealkylation sites (tertiary alicyclic amines) is 2.